The van der Waals surface area contributed by atoms with Gasteiger partial charge in [-0.25, -0.2) is 4.98 Å². The number of amides is 1. The van der Waals surface area contributed by atoms with Crippen LogP contribution in [0.4, 0.5) is 5.13 Å². The number of thioether (sulfide) groups is 1. The van der Waals surface area contributed by atoms with Gasteiger partial charge in [0.05, 0.1) is 15.5 Å². The summed E-state index contributed by atoms with van der Waals surface area (Å²) in [4.78, 5) is 18.9. The second-order valence-electron chi connectivity index (χ2n) is 5.20. The summed E-state index contributed by atoms with van der Waals surface area (Å²) in [6.07, 6.45) is 2.37. The second-order valence-corrected chi connectivity index (χ2v) is 8.20. The molecular formula is C15H17N3OS3. The fourth-order valence-corrected chi connectivity index (χ4v) is 4.60. The van der Waals surface area contributed by atoms with Crippen LogP contribution in [0, 0.1) is 0 Å². The predicted molar refractivity (Wildman–Crippen MR) is 98.7 cm³/mol. The van der Waals surface area contributed by atoms with Crippen LogP contribution in [0.2, 0.25) is 0 Å². The molecule has 0 aliphatic carbocycles. The minimum atomic E-state index is -0.222. The number of anilines is 1. The third-order valence-electron chi connectivity index (χ3n) is 3.54. The van der Waals surface area contributed by atoms with Crippen molar-refractivity contribution in [3.8, 4) is 0 Å². The maximum absolute atomic E-state index is 12.3. The van der Waals surface area contributed by atoms with Gasteiger partial charge in [0.15, 0.2) is 5.13 Å². The Labute approximate surface area is 143 Å². The summed E-state index contributed by atoms with van der Waals surface area (Å²) in [6, 6.07) is 7.87. The molecule has 0 radical (unpaired) electrons. The summed E-state index contributed by atoms with van der Waals surface area (Å²) < 4.78 is 1.90. The molecule has 1 amide bonds. The van der Waals surface area contributed by atoms with E-state index in [4.69, 9.17) is 12.2 Å². The number of nitrogens with one attached hydrogen (secondary N) is 1. The standard InChI is InChI=1S/C15H17N3OS3/c1-10(21-15(20)18-8-4-5-9-18)13(19)17-14-16-11-6-2-3-7-12(11)22-14/h2-3,6-7,10H,4-5,8-9H2,1H3,(H,16,17,19). The molecule has 116 valence electrons. The molecule has 1 aromatic heterocycles. The van der Waals surface area contributed by atoms with Crippen molar-refractivity contribution in [2.75, 3.05) is 18.4 Å². The Bertz CT molecular complexity index is 661. The van der Waals surface area contributed by atoms with E-state index < -0.39 is 0 Å². The topological polar surface area (TPSA) is 45.2 Å². The number of hydrogen-bond acceptors (Lipinski definition) is 5. The lowest BCUT2D eigenvalue weighted by Crippen LogP contribution is -2.29. The molecule has 0 saturated carbocycles. The molecule has 1 N–H and O–H groups in total. The molecule has 1 unspecified atom stereocenters. The van der Waals surface area contributed by atoms with E-state index in [1.54, 1.807) is 0 Å². The van der Waals surface area contributed by atoms with Crippen LogP contribution in [0.15, 0.2) is 24.3 Å². The maximum Gasteiger partial charge on any atom is 0.239 e. The first-order valence-electron chi connectivity index (χ1n) is 7.25. The highest BCUT2D eigenvalue weighted by atomic mass is 32.2. The quantitative estimate of drug-likeness (QED) is 0.854. The number of fused-ring (bicyclic) bond motifs is 1. The molecule has 3 rings (SSSR count). The van der Waals surface area contributed by atoms with E-state index in [9.17, 15) is 4.79 Å². The first kappa shape index (κ1) is 15.7. The number of nitrogens with zero attached hydrogens (tertiary/aromatic N) is 2. The number of thiocarbonyl (C=S) groups is 1. The van der Waals surface area contributed by atoms with Crippen LogP contribution < -0.4 is 5.32 Å². The van der Waals surface area contributed by atoms with Gasteiger partial charge in [-0.15, -0.1) is 0 Å². The van der Waals surface area contributed by atoms with E-state index in [2.05, 4.69) is 15.2 Å². The van der Waals surface area contributed by atoms with Crippen LogP contribution in [0.25, 0.3) is 10.2 Å². The number of benzene rings is 1. The van der Waals surface area contributed by atoms with E-state index in [0.29, 0.717) is 5.13 Å². The Morgan fingerprint density at radius 1 is 1.41 bits per heavy atom. The minimum Gasteiger partial charge on any atom is -0.358 e. The molecule has 4 nitrogen and oxygen atoms in total. The molecule has 2 heterocycles. The van der Waals surface area contributed by atoms with Gasteiger partial charge in [0.25, 0.3) is 0 Å². The fraction of sp³-hybridized carbons (Fsp3) is 0.400. The number of para-hydroxylation sites is 1. The Balaban J connectivity index is 1.59. The molecule has 0 spiro atoms. The van der Waals surface area contributed by atoms with Gasteiger partial charge in [-0.1, -0.05) is 47.4 Å². The molecule has 1 aliphatic heterocycles. The van der Waals surface area contributed by atoms with E-state index in [-0.39, 0.29) is 11.2 Å². The van der Waals surface area contributed by atoms with Crippen LogP contribution >= 0.6 is 35.3 Å². The van der Waals surface area contributed by atoms with E-state index >= 15 is 0 Å². The van der Waals surface area contributed by atoms with E-state index in [1.807, 2.05) is 31.2 Å². The van der Waals surface area contributed by atoms with Gasteiger partial charge in [0, 0.05) is 13.1 Å². The van der Waals surface area contributed by atoms with Gasteiger partial charge in [-0.2, -0.15) is 0 Å². The molecule has 7 heteroatoms. The number of likely N-dealkylation sites (tertiary alicyclic amines) is 1. The third-order valence-corrected chi connectivity index (χ3v) is 6.06. The van der Waals surface area contributed by atoms with Crippen LogP contribution in [-0.4, -0.2) is 38.5 Å². The van der Waals surface area contributed by atoms with Crippen LogP contribution in [0.5, 0.6) is 0 Å². The number of aromatic nitrogens is 1. The summed E-state index contributed by atoms with van der Waals surface area (Å²) in [5.41, 5.74) is 0.913. The van der Waals surface area contributed by atoms with E-state index in [0.717, 1.165) is 27.6 Å². The first-order chi connectivity index (χ1) is 10.6. The lowest BCUT2D eigenvalue weighted by molar-refractivity contribution is -0.115. The van der Waals surface area contributed by atoms with Crippen LogP contribution in [-0.2, 0) is 4.79 Å². The molecule has 0 bridgehead atoms. The molecular weight excluding hydrogens is 334 g/mol. The Hall–Kier alpha value is -1.18. The van der Waals surface area contributed by atoms with Gasteiger partial charge in [-0.3, -0.25) is 4.79 Å². The van der Waals surface area contributed by atoms with Gasteiger partial charge in [-0.05, 0) is 31.9 Å². The summed E-state index contributed by atoms with van der Waals surface area (Å²) in [5, 5.41) is 3.32. The van der Waals surface area contributed by atoms with E-state index in [1.165, 1.54) is 35.9 Å². The Kier molecular flexibility index (Phi) is 4.95. The highest BCUT2D eigenvalue weighted by Gasteiger charge is 2.22. The van der Waals surface area contributed by atoms with Crippen LogP contribution in [0.3, 0.4) is 0 Å². The van der Waals surface area contributed by atoms with Crippen molar-refractivity contribution < 1.29 is 4.79 Å². The van der Waals surface area contributed by atoms with Gasteiger partial charge in [0.2, 0.25) is 5.91 Å². The van der Waals surface area contributed by atoms with Gasteiger partial charge >= 0.3 is 0 Å². The van der Waals surface area contributed by atoms with Gasteiger partial charge in [0.1, 0.15) is 4.32 Å². The summed E-state index contributed by atoms with van der Waals surface area (Å²) in [5.74, 6) is -0.0504. The van der Waals surface area contributed by atoms with Crippen molar-refractivity contribution in [1.29, 1.82) is 0 Å². The predicted octanol–water partition coefficient (Wildman–Crippen LogP) is 3.74. The molecule has 2 aromatic rings. The average Bonchev–Trinajstić information content (AvgIpc) is 3.15. The molecule has 1 fully saturated rings. The van der Waals surface area contributed by atoms with Crippen molar-refractivity contribution >= 4 is 60.9 Å². The lowest BCUT2D eigenvalue weighted by atomic mass is 10.3. The SMILES string of the molecule is CC(SC(=S)N1CCCC1)C(=O)Nc1nc2ccccc2s1. The first-order valence-corrected chi connectivity index (χ1v) is 9.36. The smallest absolute Gasteiger partial charge is 0.239 e. The fourth-order valence-electron chi connectivity index (χ4n) is 2.31. The average molecular weight is 352 g/mol. The second kappa shape index (κ2) is 6.93. The highest BCUT2D eigenvalue weighted by molar-refractivity contribution is 8.23. The normalized spacial score (nSPS) is 16.0. The highest BCUT2D eigenvalue weighted by Crippen LogP contribution is 2.27. The van der Waals surface area contributed by atoms with Crippen molar-refractivity contribution in [2.45, 2.75) is 25.0 Å². The lowest BCUT2D eigenvalue weighted by Gasteiger charge is -2.20. The van der Waals surface area contributed by atoms with Crippen LogP contribution in [0.1, 0.15) is 19.8 Å². The summed E-state index contributed by atoms with van der Waals surface area (Å²) >= 11 is 8.37. The number of rotatable bonds is 3. The molecule has 1 saturated heterocycles. The zero-order valence-electron chi connectivity index (χ0n) is 12.2. The van der Waals surface area contributed by atoms with Gasteiger partial charge < -0.3 is 10.2 Å². The molecule has 1 atom stereocenters. The number of carbonyl (C=O) groups is 1. The third kappa shape index (κ3) is 3.59. The van der Waals surface area contributed by atoms with Crippen molar-refractivity contribution in [1.82, 2.24) is 9.88 Å². The van der Waals surface area contributed by atoms with Crippen molar-refractivity contribution in [2.24, 2.45) is 0 Å². The zero-order chi connectivity index (χ0) is 15.5. The van der Waals surface area contributed by atoms with Crippen molar-refractivity contribution in [3.63, 3.8) is 0 Å². The molecule has 1 aromatic carbocycles. The number of hydrogen-bond donors (Lipinski definition) is 1. The summed E-state index contributed by atoms with van der Waals surface area (Å²) in [7, 11) is 0. The summed E-state index contributed by atoms with van der Waals surface area (Å²) in [6.45, 7) is 3.91. The molecule has 1 aliphatic rings. The minimum absolute atomic E-state index is 0.0504. The monoisotopic (exact) mass is 351 g/mol. The Morgan fingerprint density at radius 3 is 2.86 bits per heavy atom. The molecule has 22 heavy (non-hydrogen) atoms. The van der Waals surface area contributed by atoms with Crippen molar-refractivity contribution in [3.05, 3.63) is 24.3 Å². The largest absolute Gasteiger partial charge is 0.358 e. The number of thiazole rings is 1. The zero-order valence-corrected chi connectivity index (χ0v) is 14.7. The number of carbonyl (C=O) groups excluding carboxylic acids is 1. The Morgan fingerprint density at radius 2 is 2.14 bits per heavy atom. The maximum atomic E-state index is 12.3.